The predicted octanol–water partition coefficient (Wildman–Crippen LogP) is 8.11. The number of oxazole rings is 1. The molecule has 0 aliphatic carbocycles. The number of carboxylic acid groups (broad SMARTS) is 2. The van der Waals surface area contributed by atoms with E-state index in [9.17, 15) is 43.8 Å². The van der Waals surface area contributed by atoms with E-state index < -0.39 is 40.7 Å². The van der Waals surface area contributed by atoms with Crippen LogP contribution in [-0.2, 0) is 32.6 Å². The quantitative estimate of drug-likeness (QED) is 0.0589. The number of thiophene rings is 3. The second-order valence-corrected chi connectivity index (χ2v) is 20.7. The minimum Gasteiger partial charge on any atom is -0.478 e. The number of halogens is 2. The molecule has 10 heterocycles. The maximum Gasteiger partial charge on any atom is 0.336 e. The van der Waals surface area contributed by atoms with Crippen molar-refractivity contribution >= 4 is 98.4 Å². The smallest absolute Gasteiger partial charge is 0.336 e. The van der Waals surface area contributed by atoms with Gasteiger partial charge in [-0.1, -0.05) is 28.4 Å². The molecule has 0 bridgehead atoms. The molecule has 0 atom stereocenters. The van der Waals surface area contributed by atoms with E-state index >= 15 is 0 Å². The van der Waals surface area contributed by atoms with Gasteiger partial charge in [0.1, 0.15) is 29.3 Å². The Balaban J connectivity index is 0.000000188. The van der Waals surface area contributed by atoms with Crippen molar-refractivity contribution < 1.29 is 43.1 Å². The molecule has 10 aromatic heterocycles. The number of carbonyl (C=O) groups is 5. The Labute approximate surface area is 454 Å². The number of aromatic carboxylic acids is 2. The SMILES string of the molecule is Cc1cn(CC(=O)c2ccnnc2)c(=O)c(-c2cc(NCc3ccc(Cl)s3)n(C(=O)c3cocn3)n2)c1C(=O)O.O=C(O)c1ccn(CCc2ccsc2)c(=O)c1-c1cc(NCc2ccc(Cl)s2)n(C(=O)c2ccno2)n1. The number of hydrogen-bond donors (Lipinski definition) is 4. The van der Waals surface area contributed by atoms with Gasteiger partial charge in [-0.2, -0.15) is 41.1 Å². The molecule has 23 nitrogen and oxygen atoms in total. The Bertz CT molecular complexity index is 3920. The zero-order valence-corrected chi connectivity index (χ0v) is 43.5. The van der Waals surface area contributed by atoms with E-state index in [1.165, 1.54) is 95.5 Å². The minimum atomic E-state index is -1.37. The van der Waals surface area contributed by atoms with Gasteiger partial charge < -0.3 is 38.9 Å². The number of anilines is 2. The normalized spacial score (nSPS) is 11.0. The lowest BCUT2D eigenvalue weighted by atomic mass is 10.0. The number of aryl methyl sites for hydroxylation is 3. The molecule has 10 aromatic rings. The van der Waals surface area contributed by atoms with Crippen molar-refractivity contribution in [3.63, 3.8) is 0 Å². The lowest BCUT2D eigenvalue weighted by Gasteiger charge is -2.12. The van der Waals surface area contributed by atoms with Gasteiger partial charge >= 0.3 is 23.8 Å². The number of aromatic nitrogens is 10. The predicted molar refractivity (Wildman–Crippen MR) is 283 cm³/mol. The van der Waals surface area contributed by atoms with Crippen LogP contribution in [0.5, 0.6) is 0 Å². The van der Waals surface area contributed by atoms with E-state index in [2.05, 4.69) is 41.2 Å². The van der Waals surface area contributed by atoms with Gasteiger partial charge in [0.25, 0.3) is 11.1 Å². The summed E-state index contributed by atoms with van der Waals surface area (Å²) in [6, 6.07) is 16.2. The lowest BCUT2D eigenvalue weighted by molar-refractivity contribution is 0.0686. The van der Waals surface area contributed by atoms with Crippen molar-refractivity contribution in [2.45, 2.75) is 39.5 Å². The van der Waals surface area contributed by atoms with Crippen LogP contribution in [0.15, 0.2) is 134 Å². The monoisotopic (exact) mass is 1130 g/mol. The van der Waals surface area contributed by atoms with Crippen molar-refractivity contribution in [3.8, 4) is 22.5 Å². The Kier molecular flexibility index (Phi) is 16.0. The van der Waals surface area contributed by atoms with Gasteiger partial charge in [0.05, 0.1) is 69.2 Å². The number of carboxylic acids is 2. The number of rotatable bonds is 18. The molecule has 0 saturated carbocycles. The fraction of sp³-hybridized carbons (Fsp3) is 0.122. The second kappa shape index (κ2) is 23.3. The molecule has 0 aromatic carbocycles. The molecule has 0 saturated heterocycles. The molecule has 0 radical (unpaired) electrons. The van der Waals surface area contributed by atoms with Crippen molar-refractivity contribution in [3.05, 3.63) is 193 Å². The topological polar surface area (TPSA) is 307 Å². The highest BCUT2D eigenvalue weighted by molar-refractivity contribution is 7.16. The fourth-order valence-electron chi connectivity index (χ4n) is 7.67. The minimum absolute atomic E-state index is 0.0341. The molecule has 0 aliphatic heterocycles. The number of pyridine rings is 2. The van der Waals surface area contributed by atoms with Crippen LogP contribution in [0.4, 0.5) is 11.6 Å². The van der Waals surface area contributed by atoms with Gasteiger partial charge in [0, 0.05) is 52.5 Å². The Hall–Kier alpha value is -8.95. The highest BCUT2D eigenvalue weighted by atomic mass is 35.5. The van der Waals surface area contributed by atoms with Crippen molar-refractivity contribution in [1.82, 2.24) is 49.0 Å². The van der Waals surface area contributed by atoms with Crippen LogP contribution in [0.2, 0.25) is 8.67 Å². The maximum absolute atomic E-state index is 13.6. The molecule has 0 spiro atoms. The summed E-state index contributed by atoms with van der Waals surface area (Å²) in [6.45, 7) is 2.04. The lowest BCUT2D eigenvalue weighted by Crippen LogP contribution is -2.28. The first-order chi connectivity index (χ1) is 37.1. The van der Waals surface area contributed by atoms with Gasteiger partial charge in [-0.3, -0.25) is 24.0 Å². The summed E-state index contributed by atoms with van der Waals surface area (Å²) in [5.74, 6) is -4.08. The van der Waals surface area contributed by atoms with Gasteiger partial charge in [-0.15, -0.1) is 22.7 Å². The highest BCUT2D eigenvalue weighted by Gasteiger charge is 2.28. The number of nitrogens with zero attached hydrogens (tertiary/aromatic N) is 10. The third kappa shape index (κ3) is 12.0. The largest absolute Gasteiger partial charge is 0.478 e. The average Bonchev–Trinajstić information content (AvgIpc) is 4.29. The summed E-state index contributed by atoms with van der Waals surface area (Å²) in [5, 5.41) is 49.4. The molecule has 10 rings (SSSR count). The van der Waals surface area contributed by atoms with Crippen LogP contribution in [-0.4, -0.2) is 88.8 Å². The Morgan fingerprint density at radius 3 is 2.00 bits per heavy atom. The average molecular weight is 1140 g/mol. The van der Waals surface area contributed by atoms with Gasteiger partial charge in [-0.25, -0.2) is 14.6 Å². The first-order valence-corrected chi connectivity index (χ1v) is 25.8. The Morgan fingerprint density at radius 1 is 0.766 bits per heavy atom. The van der Waals surface area contributed by atoms with Crippen LogP contribution < -0.4 is 21.8 Å². The van der Waals surface area contributed by atoms with Crippen LogP contribution in [0.25, 0.3) is 22.5 Å². The first-order valence-electron chi connectivity index (χ1n) is 22.4. The van der Waals surface area contributed by atoms with Crippen molar-refractivity contribution in [2.24, 2.45) is 0 Å². The molecule has 77 heavy (non-hydrogen) atoms. The number of Topliss-reactive ketones (excluding diaryl/α,β-unsaturated/α-hetero) is 1. The van der Waals surface area contributed by atoms with E-state index in [0.717, 1.165) is 41.9 Å². The molecule has 0 aliphatic rings. The van der Waals surface area contributed by atoms with Crippen LogP contribution in [0.3, 0.4) is 0 Å². The van der Waals surface area contributed by atoms with Crippen molar-refractivity contribution in [2.75, 3.05) is 10.6 Å². The number of nitrogens with one attached hydrogen (secondary N) is 2. The van der Waals surface area contributed by atoms with Gasteiger partial charge in [-0.05, 0) is 77.7 Å². The summed E-state index contributed by atoms with van der Waals surface area (Å²) in [7, 11) is 0. The molecule has 4 N–H and O–H groups in total. The standard InChI is InChI=1S/C25H18ClN7O6S.C24H18ClN5O5S2/c1-13-9-32(10-18(34)14-4-5-29-30-7-14)24(36)22(21(13)25(37)38)16-6-20(27-8-15-2-3-19(26)40-15)33(31-16)23(35)17-11-39-12-28-17;25-19-2-1-15(37-19)12-26-20-11-17(28-30(20)22(31)18-3-7-27-35-18)21-16(24(33)34)5-9-29(23(21)32)8-4-14-6-10-36-13-14/h2-7,9,11-12,27H,8,10H2,1H3,(H,37,38);1-3,5-7,9-11,13,26H,4,8,12H2,(H,33,34). The molecule has 0 unspecified atom stereocenters. The molecule has 0 amide bonds. The maximum atomic E-state index is 13.6. The zero-order chi connectivity index (χ0) is 54.3. The summed E-state index contributed by atoms with van der Waals surface area (Å²) in [4.78, 5) is 96.1. The third-order valence-electron chi connectivity index (χ3n) is 11.3. The summed E-state index contributed by atoms with van der Waals surface area (Å²) >= 11 is 16.3. The molecule has 390 valence electrons. The number of ketones is 1. The van der Waals surface area contributed by atoms with E-state index in [0.29, 0.717) is 28.2 Å². The van der Waals surface area contributed by atoms with E-state index in [1.807, 2.05) is 22.9 Å². The van der Waals surface area contributed by atoms with E-state index in [-0.39, 0.29) is 80.9 Å². The Morgan fingerprint density at radius 2 is 1.44 bits per heavy atom. The number of hydrogen-bond acceptors (Lipinski definition) is 20. The van der Waals surface area contributed by atoms with Crippen LogP contribution in [0.1, 0.15) is 73.0 Å². The third-order valence-corrected chi connectivity index (χ3v) is 14.5. The highest BCUT2D eigenvalue weighted by Crippen LogP contribution is 2.29. The van der Waals surface area contributed by atoms with Gasteiger partial charge in [0.15, 0.2) is 17.9 Å². The summed E-state index contributed by atoms with van der Waals surface area (Å²) in [6.07, 6.45) is 9.50. The van der Waals surface area contributed by atoms with Crippen molar-refractivity contribution in [1.29, 1.82) is 0 Å². The zero-order valence-electron chi connectivity index (χ0n) is 39.5. The molecular formula is C49H36Cl2N12O11S3. The second-order valence-electron chi connectivity index (χ2n) is 16.3. The summed E-state index contributed by atoms with van der Waals surface area (Å²) in [5.41, 5.74) is -0.858. The van der Waals surface area contributed by atoms with Gasteiger partial charge in [0.2, 0.25) is 5.76 Å². The fourth-order valence-corrected chi connectivity index (χ4v) is 10.4. The van der Waals surface area contributed by atoms with E-state index in [4.69, 9.17) is 32.1 Å². The molecular weight excluding hydrogens is 1100 g/mol. The molecule has 28 heteroatoms. The number of carbonyl (C=O) groups excluding carboxylic acids is 3. The first kappa shape index (κ1) is 52.9. The van der Waals surface area contributed by atoms with Crippen LogP contribution in [0, 0.1) is 6.92 Å². The summed E-state index contributed by atoms with van der Waals surface area (Å²) < 4.78 is 15.6. The van der Waals surface area contributed by atoms with E-state index in [1.54, 1.807) is 29.5 Å². The van der Waals surface area contributed by atoms with Crippen LogP contribution >= 0.6 is 57.2 Å². The molecule has 0 fully saturated rings.